The van der Waals surface area contributed by atoms with Crippen molar-refractivity contribution >= 4 is 5.91 Å². The van der Waals surface area contributed by atoms with Crippen molar-refractivity contribution in [2.75, 3.05) is 6.54 Å². The zero-order valence-electron chi connectivity index (χ0n) is 9.57. The standard InChI is InChI=1S/C14H14N2O/c15-9-14(5-6-14)13(17)16-8-11-7-10-3-1-2-4-12(10)11/h1-4,11H,5-8H2,(H,16,17). The second kappa shape index (κ2) is 3.59. The van der Waals surface area contributed by atoms with E-state index in [2.05, 4.69) is 23.5 Å². The van der Waals surface area contributed by atoms with E-state index in [1.807, 2.05) is 12.1 Å². The molecular formula is C14H14N2O. The lowest BCUT2D eigenvalue weighted by atomic mass is 9.77. The molecular weight excluding hydrogens is 212 g/mol. The number of hydrogen-bond acceptors (Lipinski definition) is 2. The van der Waals surface area contributed by atoms with Crippen LogP contribution in [-0.2, 0) is 11.2 Å². The first-order valence-electron chi connectivity index (χ1n) is 6.02. The molecule has 3 nitrogen and oxygen atoms in total. The van der Waals surface area contributed by atoms with E-state index >= 15 is 0 Å². The lowest BCUT2D eigenvalue weighted by Crippen LogP contribution is -2.37. The Hall–Kier alpha value is -1.82. The van der Waals surface area contributed by atoms with Gasteiger partial charge in [0.1, 0.15) is 5.41 Å². The fourth-order valence-electron chi connectivity index (χ4n) is 2.44. The van der Waals surface area contributed by atoms with Gasteiger partial charge >= 0.3 is 0 Å². The molecule has 0 saturated heterocycles. The fraction of sp³-hybridized carbons (Fsp3) is 0.429. The first-order chi connectivity index (χ1) is 8.25. The second-order valence-electron chi connectivity index (χ2n) is 5.00. The van der Waals surface area contributed by atoms with Crippen LogP contribution in [0.3, 0.4) is 0 Å². The van der Waals surface area contributed by atoms with Gasteiger partial charge in [0.2, 0.25) is 5.91 Å². The highest BCUT2D eigenvalue weighted by atomic mass is 16.2. The number of amides is 1. The molecule has 1 atom stereocenters. The first kappa shape index (κ1) is 10.3. The van der Waals surface area contributed by atoms with Gasteiger partial charge < -0.3 is 5.32 Å². The van der Waals surface area contributed by atoms with Crippen LogP contribution in [-0.4, -0.2) is 12.5 Å². The summed E-state index contributed by atoms with van der Waals surface area (Å²) in [6.45, 7) is 0.666. The molecule has 17 heavy (non-hydrogen) atoms. The molecule has 1 N–H and O–H groups in total. The second-order valence-corrected chi connectivity index (χ2v) is 5.00. The summed E-state index contributed by atoms with van der Waals surface area (Å²) in [7, 11) is 0. The minimum Gasteiger partial charge on any atom is -0.354 e. The number of hydrogen-bond donors (Lipinski definition) is 1. The summed E-state index contributed by atoms with van der Waals surface area (Å²) >= 11 is 0. The summed E-state index contributed by atoms with van der Waals surface area (Å²) in [5.41, 5.74) is 2.03. The molecule has 1 unspecified atom stereocenters. The minimum absolute atomic E-state index is 0.0793. The highest BCUT2D eigenvalue weighted by Gasteiger charge is 2.50. The van der Waals surface area contributed by atoms with Crippen molar-refractivity contribution in [3.05, 3.63) is 35.4 Å². The molecule has 1 aromatic rings. The lowest BCUT2D eigenvalue weighted by molar-refractivity contribution is -0.124. The molecule has 1 aromatic carbocycles. The van der Waals surface area contributed by atoms with Crippen molar-refractivity contribution in [1.82, 2.24) is 5.32 Å². The van der Waals surface area contributed by atoms with Gasteiger partial charge in [0.15, 0.2) is 0 Å². The summed E-state index contributed by atoms with van der Waals surface area (Å²) in [4.78, 5) is 11.8. The largest absolute Gasteiger partial charge is 0.354 e. The van der Waals surface area contributed by atoms with Crippen molar-refractivity contribution in [3.8, 4) is 6.07 Å². The lowest BCUT2D eigenvalue weighted by Gasteiger charge is -2.30. The number of benzene rings is 1. The Morgan fingerprint density at radius 3 is 2.88 bits per heavy atom. The van der Waals surface area contributed by atoms with Crippen molar-refractivity contribution < 1.29 is 4.79 Å². The third kappa shape index (κ3) is 1.61. The summed E-state index contributed by atoms with van der Waals surface area (Å²) in [5.74, 6) is 0.356. The first-order valence-corrected chi connectivity index (χ1v) is 6.02. The predicted octanol–water partition coefficient (Wildman–Crippen LogP) is 1.75. The van der Waals surface area contributed by atoms with E-state index in [1.165, 1.54) is 11.1 Å². The maximum absolute atomic E-state index is 11.8. The van der Waals surface area contributed by atoms with Crippen molar-refractivity contribution in [3.63, 3.8) is 0 Å². The Kier molecular flexibility index (Phi) is 2.19. The number of fused-ring (bicyclic) bond motifs is 1. The monoisotopic (exact) mass is 226 g/mol. The Balaban J connectivity index is 1.58. The van der Waals surface area contributed by atoms with Crippen LogP contribution in [0.4, 0.5) is 0 Å². The molecule has 0 bridgehead atoms. The number of carbonyl (C=O) groups is 1. The topological polar surface area (TPSA) is 52.9 Å². The van der Waals surface area contributed by atoms with Crippen LogP contribution >= 0.6 is 0 Å². The number of nitrogens with zero attached hydrogens (tertiary/aromatic N) is 1. The predicted molar refractivity (Wildman–Crippen MR) is 63.2 cm³/mol. The number of rotatable bonds is 3. The molecule has 0 aromatic heterocycles. The average Bonchev–Trinajstić information content (AvgIpc) is 3.11. The van der Waals surface area contributed by atoms with Crippen molar-refractivity contribution in [1.29, 1.82) is 5.26 Å². The van der Waals surface area contributed by atoms with Crippen molar-refractivity contribution in [2.24, 2.45) is 5.41 Å². The summed E-state index contributed by atoms with van der Waals surface area (Å²) < 4.78 is 0. The fourth-order valence-corrected chi connectivity index (χ4v) is 2.44. The Labute approximate surface area is 100 Å². The van der Waals surface area contributed by atoms with Crippen LogP contribution in [0.2, 0.25) is 0 Å². The van der Waals surface area contributed by atoms with E-state index in [-0.39, 0.29) is 5.91 Å². The Bertz CT molecular complexity index is 511. The van der Waals surface area contributed by atoms with Gasteiger partial charge in [-0.1, -0.05) is 24.3 Å². The van der Waals surface area contributed by atoms with E-state index in [9.17, 15) is 4.79 Å². The van der Waals surface area contributed by atoms with Gasteiger partial charge in [-0.2, -0.15) is 5.26 Å². The van der Waals surface area contributed by atoms with E-state index in [0.29, 0.717) is 12.5 Å². The van der Waals surface area contributed by atoms with Crippen LogP contribution in [0.25, 0.3) is 0 Å². The molecule has 0 radical (unpaired) electrons. The molecule has 1 fully saturated rings. The van der Waals surface area contributed by atoms with E-state index < -0.39 is 5.41 Å². The SMILES string of the molecule is N#CC1(C(=O)NCC2Cc3ccccc32)CC1. The highest BCUT2D eigenvalue weighted by molar-refractivity contribution is 5.88. The van der Waals surface area contributed by atoms with Gasteiger partial charge in [-0.3, -0.25) is 4.79 Å². The molecule has 3 heteroatoms. The molecule has 0 heterocycles. The van der Waals surface area contributed by atoms with Gasteiger partial charge in [0, 0.05) is 12.5 Å². The third-order valence-electron chi connectivity index (χ3n) is 3.87. The molecule has 2 aliphatic rings. The third-order valence-corrected chi connectivity index (χ3v) is 3.87. The molecule has 2 aliphatic carbocycles. The Morgan fingerprint density at radius 1 is 1.47 bits per heavy atom. The summed E-state index contributed by atoms with van der Waals surface area (Å²) in [6, 6.07) is 10.4. The van der Waals surface area contributed by atoms with Crippen molar-refractivity contribution in [2.45, 2.75) is 25.2 Å². The highest BCUT2D eigenvalue weighted by Crippen LogP contribution is 2.45. The molecule has 1 saturated carbocycles. The van der Waals surface area contributed by atoms with Gasteiger partial charge in [-0.25, -0.2) is 0 Å². The number of carbonyl (C=O) groups excluding carboxylic acids is 1. The molecule has 1 amide bonds. The van der Waals surface area contributed by atoms with Crippen LogP contribution in [0.5, 0.6) is 0 Å². The maximum atomic E-state index is 11.8. The van der Waals surface area contributed by atoms with Crippen LogP contribution in [0.1, 0.15) is 29.9 Å². The Morgan fingerprint density at radius 2 is 2.24 bits per heavy atom. The average molecular weight is 226 g/mol. The normalized spacial score (nSPS) is 22.9. The minimum atomic E-state index is -0.691. The molecule has 0 aliphatic heterocycles. The molecule has 86 valence electrons. The van der Waals surface area contributed by atoms with Gasteiger partial charge in [0.05, 0.1) is 6.07 Å². The quantitative estimate of drug-likeness (QED) is 0.853. The van der Waals surface area contributed by atoms with E-state index in [4.69, 9.17) is 5.26 Å². The smallest absolute Gasteiger partial charge is 0.240 e. The zero-order chi connectivity index (χ0) is 11.9. The van der Waals surface area contributed by atoms with Crippen LogP contribution in [0.15, 0.2) is 24.3 Å². The van der Waals surface area contributed by atoms with Crippen LogP contribution in [0, 0.1) is 16.7 Å². The van der Waals surface area contributed by atoms with Gasteiger partial charge in [-0.15, -0.1) is 0 Å². The maximum Gasteiger partial charge on any atom is 0.240 e. The van der Waals surface area contributed by atoms with Gasteiger partial charge in [0.25, 0.3) is 0 Å². The van der Waals surface area contributed by atoms with E-state index in [0.717, 1.165) is 19.3 Å². The summed E-state index contributed by atoms with van der Waals surface area (Å²) in [5, 5.41) is 11.8. The molecule has 3 rings (SSSR count). The summed E-state index contributed by atoms with van der Waals surface area (Å²) in [6.07, 6.45) is 2.48. The van der Waals surface area contributed by atoms with Crippen LogP contribution < -0.4 is 5.32 Å². The number of nitrogens with one attached hydrogen (secondary N) is 1. The van der Waals surface area contributed by atoms with E-state index in [1.54, 1.807) is 0 Å². The zero-order valence-corrected chi connectivity index (χ0v) is 9.57. The number of nitriles is 1. The molecule has 0 spiro atoms. The van der Waals surface area contributed by atoms with Gasteiger partial charge in [-0.05, 0) is 30.4 Å².